The smallest absolute Gasteiger partial charge is 0.142 e. The molecular weight excluding hydrogens is 470 g/mol. The van der Waals surface area contributed by atoms with Crippen molar-refractivity contribution in [3.8, 4) is 0 Å². The second-order valence-electron chi connectivity index (χ2n) is 11.8. The van der Waals surface area contributed by atoms with Gasteiger partial charge >= 0.3 is 0 Å². The molecule has 0 atom stereocenters. The van der Waals surface area contributed by atoms with E-state index in [0.29, 0.717) is 24.3 Å². The van der Waals surface area contributed by atoms with Crippen LogP contribution in [-0.4, -0.2) is 0 Å². The molecule has 0 amide bonds. The Morgan fingerprint density at radius 3 is 1.94 bits per heavy atom. The molecule has 0 unspecified atom stereocenters. The molecule has 0 bridgehead atoms. The first-order valence-electron chi connectivity index (χ1n) is 14.7. The van der Waals surface area contributed by atoms with Crippen molar-refractivity contribution in [2.75, 3.05) is 0 Å². The van der Waals surface area contributed by atoms with E-state index in [2.05, 4.69) is 13.0 Å². The predicted octanol–water partition coefficient (Wildman–Crippen LogP) is 10.8. The minimum atomic E-state index is -0.411. The van der Waals surface area contributed by atoms with E-state index < -0.39 is 5.82 Å². The van der Waals surface area contributed by atoms with E-state index in [-0.39, 0.29) is 10.8 Å². The highest BCUT2D eigenvalue weighted by atomic mass is 35.5. The number of rotatable bonds is 11. The molecule has 2 aliphatic rings. The van der Waals surface area contributed by atoms with Gasteiger partial charge in [-0.05, 0) is 97.1 Å². The van der Waals surface area contributed by atoms with Crippen LogP contribution in [0.3, 0.4) is 0 Å². The van der Waals surface area contributed by atoms with Crippen molar-refractivity contribution in [1.29, 1.82) is 0 Å². The maximum Gasteiger partial charge on any atom is 0.142 e. The summed E-state index contributed by atoms with van der Waals surface area (Å²) in [5.74, 6) is 2.81. The summed E-state index contributed by atoms with van der Waals surface area (Å²) in [4.78, 5) is 0. The molecule has 2 fully saturated rings. The van der Waals surface area contributed by atoms with Gasteiger partial charge in [0.15, 0.2) is 0 Å². The number of unbranched alkanes of at least 4 members (excludes halogenated alkanes) is 2. The Balaban J connectivity index is 1.17. The van der Waals surface area contributed by atoms with Crippen molar-refractivity contribution in [2.45, 2.75) is 116 Å². The SMILES string of the molecule is CCCCC[C@H]1CC[C@H](CC[C@H]2CC[C@H](c3ccc(CCc4ccc(Cl)c(F)c4)c(F)c3)CC2)CC1. The van der Waals surface area contributed by atoms with Crippen LogP contribution in [0.2, 0.25) is 5.02 Å². The Bertz CT molecular complexity index is 939. The Morgan fingerprint density at radius 2 is 1.33 bits per heavy atom. The summed E-state index contributed by atoms with van der Waals surface area (Å²) in [6, 6.07) is 10.7. The highest BCUT2D eigenvalue weighted by molar-refractivity contribution is 6.30. The Labute approximate surface area is 223 Å². The molecule has 0 nitrogen and oxygen atoms in total. The zero-order valence-electron chi connectivity index (χ0n) is 22.2. The maximum atomic E-state index is 14.9. The molecule has 2 aromatic carbocycles. The molecule has 2 aromatic rings. The molecule has 0 heterocycles. The average Bonchev–Trinajstić information content (AvgIpc) is 2.90. The van der Waals surface area contributed by atoms with Gasteiger partial charge in [0.2, 0.25) is 0 Å². The van der Waals surface area contributed by atoms with Gasteiger partial charge in [-0.2, -0.15) is 0 Å². The summed E-state index contributed by atoms with van der Waals surface area (Å²) in [7, 11) is 0. The first-order valence-corrected chi connectivity index (χ1v) is 15.1. The van der Waals surface area contributed by atoms with Gasteiger partial charge in [0.05, 0.1) is 5.02 Å². The lowest BCUT2D eigenvalue weighted by Gasteiger charge is -2.32. The van der Waals surface area contributed by atoms with Gasteiger partial charge in [-0.15, -0.1) is 0 Å². The molecule has 36 heavy (non-hydrogen) atoms. The molecule has 0 radical (unpaired) electrons. The van der Waals surface area contributed by atoms with E-state index >= 15 is 0 Å². The minimum absolute atomic E-state index is 0.116. The normalized spacial score (nSPS) is 24.7. The molecule has 2 aliphatic carbocycles. The second kappa shape index (κ2) is 13.9. The van der Waals surface area contributed by atoms with Crippen molar-refractivity contribution in [3.05, 3.63) is 69.7 Å². The van der Waals surface area contributed by atoms with Crippen molar-refractivity contribution >= 4 is 11.6 Å². The predicted molar refractivity (Wildman–Crippen MR) is 149 cm³/mol. The van der Waals surface area contributed by atoms with Crippen LogP contribution < -0.4 is 0 Å². The van der Waals surface area contributed by atoms with Crippen molar-refractivity contribution in [2.24, 2.45) is 17.8 Å². The van der Waals surface area contributed by atoms with Crippen LogP contribution in [0.15, 0.2) is 36.4 Å². The van der Waals surface area contributed by atoms with Crippen LogP contribution in [0.1, 0.15) is 119 Å². The lowest BCUT2D eigenvalue weighted by molar-refractivity contribution is 0.222. The Kier molecular flexibility index (Phi) is 10.7. The highest BCUT2D eigenvalue weighted by Crippen LogP contribution is 2.40. The fourth-order valence-corrected chi connectivity index (χ4v) is 6.86. The minimum Gasteiger partial charge on any atom is -0.207 e. The number of aryl methyl sites for hydroxylation is 2. The third-order valence-electron chi connectivity index (χ3n) is 9.23. The lowest BCUT2D eigenvalue weighted by Crippen LogP contribution is -2.18. The molecule has 0 aromatic heterocycles. The summed E-state index contributed by atoms with van der Waals surface area (Å²) in [6.07, 6.45) is 20.5. The number of halogens is 3. The standard InChI is InChI=1S/C33H45ClF2/c1-2-3-4-5-24-6-8-25(9-7-24)10-11-26-12-16-28(17-13-26)30-20-19-29(32(35)23-30)18-14-27-15-21-31(34)33(36)22-27/h15,19-26,28H,2-14,16-18H2,1H3/t24-,25-,26-,28-. The van der Waals surface area contributed by atoms with E-state index in [0.717, 1.165) is 28.9 Å². The number of hydrogen-bond donors (Lipinski definition) is 0. The zero-order valence-corrected chi connectivity index (χ0v) is 23.0. The summed E-state index contributed by atoms with van der Waals surface area (Å²) in [5.41, 5.74) is 2.72. The number of hydrogen-bond acceptors (Lipinski definition) is 0. The molecule has 4 rings (SSSR count). The van der Waals surface area contributed by atoms with Gasteiger partial charge in [-0.3, -0.25) is 0 Å². The molecule has 198 valence electrons. The van der Waals surface area contributed by atoms with E-state index in [1.54, 1.807) is 12.1 Å². The summed E-state index contributed by atoms with van der Waals surface area (Å²) in [5, 5.41) is 0.129. The Morgan fingerprint density at radius 1 is 0.694 bits per heavy atom. The fraction of sp³-hybridized carbons (Fsp3) is 0.636. The van der Waals surface area contributed by atoms with Crippen LogP contribution in [0.4, 0.5) is 8.78 Å². The lowest BCUT2D eigenvalue weighted by atomic mass is 9.74. The topological polar surface area (TPSA) is 0 Å². The van der Waals surface area contributed by atoms with Crippen molar-refractivity contribution in [1.82, 2.24) is 0 Å². The van der Waals surface area contributed by atoms with E-state index in [4.69, 9.17) is 11.6 Å². The van der Waals surface area contributed by atoms with Gasteiger partial charge in [0, 0.05) is 0 Å². The van der Waals surface area contributed by atoms with E-state index in [1.807, 2.05) is 12.1 Å². The summed E-state index contributed by atoms with van der Waals surface area (Å²) < 4.78 is 28.5. The van der Waals surface area contributed by atoms with Crippen LogP contribution in [0.25, 0.3) is 0 Å². The summed E-state index contributed by atoms with van der Waals surface area (Å²) in [6.45, 7) is 2.30. The Hall–Kier alpha value is -1.41. The van der Waals surface area contributed by atoms with Gasteiger partial charge < -0.3 is 0 Å². The molecular formula is C33H45ClF2. The van der Waals surface area contributed by atoms with Gasteiger partial charge in [-0.25, -0.2) is 8.78 Å². The van der Waals surface area contributed by atoms with Crippen LogP contribution >= 0.6 is 11.6 Å². The van der Waals surface area contributed by atoms with Crippen molar-refractivity contribution in [3.63, 3.8) is 0 Å². The maximum absolute atomic E-state index is 14.9. The highest BCUT2D eigenvalue weighted by Gasteiger charge is 2.25. The molecule has 0 N–H and O–H groups in total. The monoisotopic (exact) mass is 514 g/mol. The first-order chi connectivity index (χ1) is 17.5. The molecule has 3 heteroatoms. The van der Waals surface area contributed by atoms with E-state index in [1.165, 1.54) is 96.0 Å². The molecule has 0 saturated heterocycles. The van der Waals surface area contributed by atoms with E-state index in [9.17, 15) is 8.78 Å². The third-order valence-corrected chi connectivity index (χ3v) is 9.53. The summed E-state index contributed by atoms with van der Waals surface area (Å²) >= 11 is 5.76. The average molecular weight is 515 g/mol. The fourth-order valence-electron chi connectivity index (χ4n) is 6.74. The van der Waals surface area contributed by atoms with Gasteiger partial charge in [-0.1, -0.05) is 101 Å². The largest absolute Gasteiger partial charge is 0.207 e. The van der Waals surface area contributed by atoms with Gasteiger partial charge in [0.1, 0.15) is 11.6 Å². The molecule has 2 saturated carbocycles. The molecule has 0 spiro atoms. The molecule has 0 aliphatic heterocycles. The first kappa shape index (κ1) is 27.6. The zero-order chi connectivity index (χ0) is 25.3. The van der Waals surface area contributed by atoms with Crippen molar-refractivity contribution < 1.29 is 8.78 Å². The third kappa shape index (κ3) is 8.04. The van der Waals surface area contributed by atoms with Gasteiger partial charge in [0.25, 0.3) is 0 Å². The van der Waals surface area contributed by atoms with Crippen LogP contribution in [-0.2, 0) is 12.8 Å². The quantitative estimate of drug-likeness (QED) is 0.261. The number of benzene rings is 2. The van der Waals surface area contributed by atoms with Crippen LogP contribution in [0.5, 0.6) is 0 Å². The second-order valence-corrected chi connectivity index (χ2v) is 12.2. The van der Waals surface area contributed by atoms with Crippen LogP contribution in [0, 0.1) is 29.4 Å².